The average Bonchev–Trinajstić information content (AvgIpc) is 3.07. The summed E-state index contributed by atoms with van der Waals surface area (Å²) in [5.41, 5.74) is 3.54. The summed E-state index contributed by atoms with van der Waals surface area (Å²) >= 11 is 0. The van der Waals surface area contributed by atoms with Gasteiger partial charge in [-0.3, -0.25) is 0 Å². The summed E-state index contributed by atoms with van der Waals surface area (Å²) < 4.78 is 16.8. The Balaban J connectivity index is 1.16. The first-order valence-corrected chi connectivity index (χ1v) is 18.0. The molecular formula is C44H52O8. The van der Waals surface area contributed by atoms with Crippen molar-refractivity contribution in [1.29, 1.82) is 0 Å². The van der Waals surface area contributed by atoms with Gasteiger partial charge in [0.2, 0.25) is 0 Å². The zero-order valence-electron chi connectivity index (χ0n) is 31.5. The van der Waals surface area contributed by atoms with E-state index in [1.54, 1.807) is 66.7 Å². The van der Waals surface area contributed by atoms with Gasteiger partial charge in [0, 0.05) is 11.1 Å². The Labute approximate surface area is 307 Å². The van der Waals surface area contributed by atoms with E-state index in [2.05, 4.69) is 0 Å². The normalized spacial score (nSPS) is 11.6. The molecule has 276 valence electrons. The number of phenols is 1. The number of hydrogen-bond donors (Lipinski definition) is 2. The van der Waals surface area contributed by atoms with Gasteiger partial charge in [-0.25, -0.2) is 14.4 Å². The van der Waals surface area contributed by atoms with E-state index in [9.17, 15) is 24.6 Å². The van der Waals surface area contributed by atoms with E-state index in [4.69, 9.17) is 14.2 Å². The molecular weight excluding hydrogens is 656 g/mol. The SMILES string of the molecule is Cc1ccc(C(=O)Oc2ccc(OC(=O)c3ccc(OCCCCCCCCc4c(C(=O)O)cc(C(C)(C)C)c(O)c4C(C)(C)C)cc3)cc2)cc1. The number of aromatic carboxylic acids is 1. The lowest BCUT2D eigenvalue weighted by Gasteiger charge is -2.30. The van der Waals surface area contributed by atoms with E-state index in [1.165, 1.54) is 0 Å². The number of unbranched alkanes of at least 4 members (excludes halogenated alkanes) is 5. The maximum absolute atomic E-state index is 12.7. The first kappa shape index (κ1) is 39.7. The summed E-state index contributed by atoms with van der Waals surface area (Å²) in [7, 11) is 0. The number of phenolic OH excluding ortho intramolecular Hbond substituents is 1. The van der Waals surface area contributed by atoms with Gasteiger partial charge in [-0.05, 0) is 109 Å². The Kier molecular flexibility index (Phi) is 13.3. The summed E-state index contributed by atoms with van der Waals surface area (Å²) in [6.45, 7) is 14.5. The maximum atomic E-state index is 12.7. The number of carboxylic acids is 1. The predicted molar refractivity (Wildman–Crippen MR) is 203 cm³/mol. The van der Waals surface area contributed by atoms with Gasteiger partial charge in [-0.2, -0.15) is 0 Å². The third-order valence-electron chi connectivity index (χ3n) is 8.91. The summed E-state index contributed by atoms with van der Waals surface area (Å²) in [6.07, 6.45) is 6.38. The number of carbonyl (C=O) groups excluding carboxylic acids is 2. The molecule has 0 aliphatic heterocycles. The lowest BCUT2D eigenvalue weighted by Crippen LogP contribution is -2.22. The van der Waals surface area contributed by atoms with Gasteiger partial charge in [-0.15, -0.1) is 0 Å². The topological polar surface area (TPSA) is 119 Å². The molecule has 0 fully saturated rings. The van der Waals surface area contributed by atoms with E-state index in [-0.39, 0.29) is 11.2 Å². The lowest BCUT2D eigenvalue weighted by atomic mass is 9.74. The molecule has 4 rings (SSSR count). The van der Waals surface area contributed by atoms with Crippen LogP contribution in [0.15, 0.2) is 78.9 Å². The highest BCUT2D eigenvalue weighted by atomic mass is 16.5. The van der Waals surface area contributed by atoms with Crippen molar-refractivity contribution in [3.05, 3.63) is 118 Å². The highest BCUT2D eigenvalue weighted by Gasteiger charge is 2.31. The number of esters is 2. The van der Waals surface area contributed by atoms with Crippen LogP contribution in [0.3, 0.4) is 0 Å². The lowest BCUT2D eigenvalue weighted by molar-refractivity contribution is 0.0691. The van der Waals surface area contributed by atoms with Gasteiger partial charge in [0.05, 0.1) is 23.3 Å². The minimum absolute atomic E-state index is 0.220. The molecule has 8 nitrogen and oxygen atoms in total. The predicted octanol–water partition coefficient (Wildman–Crippen LogP) is 10.4. The van der Waals surface area contributed by atoms with Crippen molar-refractivity contribution >= 4 is 17.9 Å². The Morgan fingerprint density at radius 1 is 0.615 bits per heavy atom. The largest absolute Gasteiger partial charge is 0.507 e. The van der Waals surface area contributed by atoms with Gasteiger partial charge >= 0.3 is 17.9 Å². The van der Waals surface area contributed by atoms with E-state index in [0.717, 1.165) is 55.2 Å². The molecule has 0 bridgehead atoms. The van der Waals surface area contributed by atoms with Crippen LogP contribution in [0, 0.1) is 6.92 Å². The number of carbonyl (C=O) groups is 3. The van der Waals surface area contributed by atoms with Crippen molar-refractivity contribution in [2.24, 2.45) is 0 Å². The molecule has 0 saturated carbocycles. The van der Waals surface area contributed by atoms with E-state index in [0.29, 0.717) is 52.5 Å². The third kappa shape index (κ3) is 10.9. The molecule has 0 spiro atoms. The number of ether oxygens (including phenoxy) is 3. The van der Waals surface area contributed by atoms with Crippen molar-refractivity contribution in [2.45, 2.75) is 104 Å². The molecule has 0 atom stereocenters. The van der Waals surface area contributed by atoms with Crippen LogP contribution in [-0.2, 0) is 17.3 Å². The number of rotatable bonds is 15. The van der Waals surface area contributed by atoms with Gasteiger partial charge < -0.3 is 24.4 Å². The third-order valence-corrected chi connectivity index (χ3v) is 8.91. The summed E-state index contributed by atoms with van der Waals surface area (Å²) in [6, 6.07) is 21.9. The van der Waals surface area contributed by atoms with Crippen molar-refractivity contribution in [2.75, 3.05) is 6.61 Å². The second kappa shape index (κ2) is 17.4. The van der Waals surface area contributed by atoms with Crippen LogP contribution in [0.4, 0.5) is 0 Å². The minimum Gasteiger partial charge on any atom is -0.507 e. The van der Waals surface area contributed by atoms with Crippen LogP contribution < -0.4 is 14.2 Å². The fraction of sp³-hybridized carbons (Fsp3) is 0.386. The Morgan fingerprint density at radius 3 is 1.56 bits per heavy atom. The Hall–Kier alpha value is -5.11. The van der Waals surface area contributed by atoms with E-state index >= 15 is 0 Å². The first-order valence-electron chi connectivity index (χ1n) is 18.0. The second-order valence-electron chi connectivity index (χ2n) is 15.3. The van der Waals surface area contributed by atoms with Crippen LogP contribution in [0.2, 0.25) is 0 Å². The quantitative estimate of drug-likeness (QED) is 0.0711. The Morgan fingerprint density at radius 2 is 1.08 bits per heavy atom. The van der Waals surface area contributed by atoms with Crippen molar-refractivity contribution in [3.8, 4) is 23.0 Å². The van der Waals surface area contributed by atoms with Crippen LogP contribution in [0.1, 0.15) is 133 Å². The number of hydrogen-bond acceptors (Lipinski definition) is 7. The fourth-order valence-corrected chi connectivity index (χ4v) is 6.13. The van der Waals surface area contributed by atoms with Crippen LogP contribution in [0.5, 0.6) is 23.0 Å². The summed E-state index contributed by atoms with van der Waals surface area (Å²) in [5.74, 6) is -0.371. The number of aromatic hydroxyl groups is 1. The number of carboxylic acid groups (broad SMARTS) is 1. The fourth-order valence-electron chi connectivity index (χ4n) is 6.13. The van der Waals surface area contributed by atoms with Crippen LogP contribution >= 0.6 is 0 Å². The summed E-state index contributed by atoms with van der Waals surface area (Å²) in [4.78, 5) is 37.3. The first-order chi connectivity index (χ1) is 24.5. The average molecular weight is 709 g/mol. The molecule has 0 saturated heterocycles. The van der Waals surface area contributed by atoms with Crippen molar-refractivity contribution < 1.29 is 38.8 Å². The van der Waals surface area contributed by atoms with Crippen LogP contribution in [-0.4, -0.2) is 34.7 Å². The second-order valence-corrected chi connectivity index (χ2v) is 15.3. The molecule has 52 heavy (non-hydrogen) atoms. The van der Waals surface area contributed by atoms with Gasteiger partial charge in [0.15, 0.2) is 0 Å². The van der Waals surface area contributed by atoms with E-state index < -0.39 is 23.3 Å². The standard InChI is InChI=1S/C44H52O8/c1-29-15-17-30(18-16-29)41(48)51-33-23-25-34(26-24-33)52-42(49)31-19-21-32(22-20-31)50-27-13-11-9-8-10-12-14-35-36(40(46)47)28-37(43(2,3)4)39(45)38(35)44(5,6)7/h15-26,28,45H,8-14,27H2,1-7H3,(H,46,47). The maximum Gasteiger partial charge on any atom is 0.343 e. The molecule has 0 heterocycles. The van der Waals surface area contributed by atoms with E-state index in [1.807, 2.05) is 60.6 Å². The monoisotopic (exact) mass is 708 g/mol. The molecule has 0 amide bonds. The molecule has 0 aromatic heterocycles. The van der Waals surface area contributed by atoms with Gasteiger partial charge in [0.25, 0.3) is 0 Å². The van der Waals surface area contributed by atoms with Crippen molar-refractivity contribution in [3.63, 3.8) is 0 Å². The minimum atomic E-state index is -0.955. The Bertz CT molecular complexity index is 1820. The van der Waals surface area contributed by atoms with Gasteiger partial charge in [0.1, 0.15) is 23.0 Å². The summed E-state index contributed by atoms with van der Waals surface area (Å²) in [5, 5.41) is 21.3. The van der Waals surface area contributed by atoms with Crippen LogP contribution in [0.25, 0.3) is 0 Å². The molecule has 8 heteroatoms. The molecule has 0 aliphatic carbocycles. The zero-order valence-corrected chi connectivity index (χ0v) is 31.5. The highest BCUT2D eigenvalue weighted by Crippen LogP contribution is 2.43. The zero-order chi connectivity index (χ0) is 38.1. The van der Waals surface area contributed by atoms with Gasteiger partial charge in [-0.1, -0.05) is 84.9 Å². The molecule has 2 N–H and O–H groups in total. The molecule has 4 aromatic carbocycles. The molecule has 0 unspecified atom stereocenters. The molecule has 0 aliphatic rings. The molecule has 4 aromatic rings. The number of benzene rings is 4. The number of aryl methyl sites for hydroxylation is 1. The smallest absolute Gasteiger partial charge is 0.343 e. The molecule has 0 radical (unpaired) electrons. The van der Waals surface area contributed by atoms with Crippen molar-refractivity contribution in [1.82, 2.24) is 0 Å². The highest BCUT2D eigenvalue weighted by molar-refractivity contribution is 5.92.